The maximum atomic E-state index is 14.5. The summed E-state index contributed by atoms with van der Waals surface area (Å²) in [5.74, 6) is -5.01. The van der Waals surface area contributed by atoms with Gasteiger partial charge in [-0.1, -0.05) is 54.1 Å². The Labute approximate surface area is 144 Å². The number of amides is 1. The second kappa shape index (κ2) is 6.49. The number of nitrogens with zero attached hydrogens (tertiary/aromatic N) is 1. The zero-order valence-electron chi connectivity index (χ0n) is 12.8. The summed E-state index contributed by atoms with van der Waals surface area (Å²) in [7, 11) is 0. The molecule has 0 aromatic heterocycles. The summed E-state index contributed by atoms with van der Waals surface area (Å²) in [6.45, 7) is 0.286. The molecule has 1 amide bonds. The molecular weight excluding hydrogens is 334 g/mol. The highest BCUT2D eigenvalue weighted by Gasteiger charge is 2.47. The molecule has 6 heteroatoms. The van der Waals surface area contributed by atoms with Crippen molar-refractivity contribution in [2.24, 2.45) is 5.73 Å². The molecule has 0 aliphatic carbocycles. The Balaban J connectivity index is 1.81. The number of hydrogen-bond donors (Lipinski definition) is 1. The summed E-state index contributed by atoms with van der Waals surface area (Å²) >= 11 is 5.76. The van der Waals surface area contributed by atoms with Crippen LogP contribution in [-0.2, 0) is 10.7 Å². The molecule has 2 atom stereocenters. The molecule has 1 aliphatic heterocycles. The molecule has 2 N–H and O–H groups in total. The van der Waals surface area contributed by atoms with Crippen molar-refractivity contribution in [2.75, 3.05) is 13.1 Å². The molecular formula is C18H17ClF2N2O. The number of likely N-dealkylation sites (tertiary alicyclic amines) is 1. The van der Waals surface area contributed by atoms with Crippen molar-refractivity contribution in [3.63, 3.8) is 0 Å². The van der Waals surface area contributed by atoms with Gasteiger partial charge in [0, 0.05) is 35.6 Å². The predicted octanol–water partition coefficient (Wildman–Crippen LogP) is 3.39. The van der Waals surface area contributed by atoms with E-state index in [0.717, 1.165) is 16.5 Å². The Bertz CT molecular complexity index is 739. The van der Waals surface area contributed by atoms with E-state index in [2.05, 4.69) is 0 Å². The molecule has 0 bridgehead atoms. The number of rotatable bonds is 3. The molecule has 1 heterocycles. The van der Waals surface area contributed by atoms with Gasteiger partial charge in [-0.05, 0) is 17.7 Å². The van der Waals surface area contributed by atoms with Gasteiger partial charge in [-0.2, -0.15) is 8.78 Å². The third-order valence-corrected chi connectivity index (χ3v) is 4.57. The van der Waals surface area contributed by atoms with Crippen LogP contribution < -0.4 is 5.73 Å². The topological polar surface area (TPSA) is 46.3 Å². The van der Waals surface area contributed by atoms with Crippen LogP contribution in [0.25, 0.3) is 0 Å². The number of halogens is 3. The minimum atomic E-state index is -3.63. The van der Waals surface area contributed by atoms with Crippen LogP contribution in [-0.4, -0.2) is 29.9 Å². The number of alkyl halides is 2. The first-order valence-electron chi connectivity index (χ1n) is 7.63. The van der Waals surface area contributed by atoms with Crippen molar-refractivity contribution in [3.8, 4) is 0 Å². The Morgan fingerprint density at radius 1 is 1.12 bits per heavy atom. The second-order valence-corrected chi connectivity index (χ2v) is 6.41. The minimum Gasteiger partial charge on any atom is -0.335 e. The fourth-order valence-corrected chi connectivity index (χ4v) is 3.24. The third-order valence-electron chi connectivity index (χ3n) is 4.34. The lowest BCUT2D eigenvalue weighted by molar-refractivity contribution is -0.157. The summed E-state index contributed by atoms with van der Waals surface area (Å²) in [6.07, 6.45) is 0. The summed E-state index contributed by atoms with van der Waals surface area (Å²) in [4.78, 5) is 13.5. The van der Waals surface area contributed by atoms with Crippen LogP contribution in [0, 0.1) is 0 Å². The molecule has 0 unspecified atom stereocenters. The SMILES string of the molecule is N[C@@H]1CN(C(=O)C(F)(F)c2cccc(Cl)c2)C[C@H]1c1ccccc1. The monoisotopic (exact) mass is 350 g/mol. The first kappa shape index (κ1) is 16.9. The molecule has 0 radical (unpaired) electrons. The summed E-state index contributed by atoms with van der Waals surface area (Å²) in [5, 5.41) is 0.167. The Hall–Kier alpha value is -1.98. The normalized spacial score (nSPS) is 21.1. The van der Waals surface area contributed by atoms with Crippen molar-refractivity contribution in [2.45, 2.75) is 17.9 Å². The van der Waals surface area contributed by atoms with Crippen LogP contribution in [0.1, 0.15) is 17.0 Å². The predicted molar refractivity (Wildman–Crippen MR) is 89.1 cm³/mol. The Morgan fingerprint density at radius 3 is 2.50 bits per heavy atom. The number of benzene rings is 2. The largest absolute Gasteiger partial charge is 0.350 e. The second-order valence-electron chi connectivity index (χ2n) is 5.98. The van der Waals surface area contributed by atoms with Gasteiger partial charge < -0.3 is 10.6 Å². The lowest BCUT2D eigenvalue weighted by Gasteiger charge is -2.23. The molecule has 2 aromatic carbocycles. The van der Waals surface area contributed by atoms with E-state index in [0.29, 0.717) is 0 Å². The van der Waals surface area contributed by atoms with Gasteiger partial charge in [-0.25, -0.2) is 0 Å². The zero-order valence-corrected chi connectivity index (χ0v) is 13.6. The third kappa shape index (κ3) is 3.14. The molecule has 0 saturated carbocycles. The summed E-state index contributed by atoms with van der Waals surface area (Å²) in [6, 6.07) is 14.2. The molecule has 3 rings (SSSR count). The maximum absolute atomic E-state index is 14.5. The highest BCUT2D eigenvalue weighted by Crippen LogP contribution is 2.35. The van der Waals surface area contributed by atoms with E-state index in [4.69, 9.17) is 17.3 Å². The highest BCUT2D eigenvalue weighted by atomic mass is 35.5. The van der Waals surface area contributed by atoms with E-state index in [-0.39, 0.29) is 30.1 Å². The van der Waals surface area contributed by atoms with E-state index < -0.39 is 17.4 Å². The van der Waals surface area contributed by atoms with Crippen LogP contribution in [0.4, 0.5) is 8.78 Å². The number of carbonyl (C=O) groups excluding carboxylic acids is 1. The maximum Gasteiger partial charge on any atom is 0.350 e. The van der Waals surface area contributed by atoms with Gasteiger partial charge in [0.15, 0.2) is 0 Å². The van der Waals surface area contributed by atoms with Crippen LogP contribution in [0.2, 0.25) is 5.02 Å². The van der Waals surface area contributed by atoms with E-state index in [1.807, 2.05) is 30.3 Å². The Kier molecular flexibility index (Phi) is 4.56. The summed E-state index contributed by atoms with van der Waals surface area (Å²) in [5.41, 5.74) is 6.63. The van der Waals surface area contributed by atoms with Gasteiger partial charge in [-0.3, -0.25) is 4.79 Å². The van der Waals surface area contributed by atoms with E-state index in [9.17, 15) is 13.6 Å². The van der Waals surface area contributed by atoms with E-state index >= 15 is 0 Å². The molecule has 126 valence electrons. The zero-order chi connectivity index (χ0) is 17.3. The van der Waals surface area contributed by atoms with Gasteiger partial charge in [0.2, 0.25) is 0 Å². The average Bonchev–Trinajstić information content (AvgIpc) is 2.96. The molecule has 0 spiro atoms. The van der Waals surface area contributed by atoms with E-state index in [1.54, 1.807) is 0 Å². The van der Waals surface area contributed by atoms with Gasteiger partial charge in [0.05, 0.1) is 0 Å². The quantitative estimate of drug-likeness (QED) is 0.922. The first-order valence-corrected chi connectivity index (χ1v) is 8.01. The lowest BCUT2D eigenvalue weighted by atomic mass is 9.95. The van der Waals surface area contributed by atoms with Crippen molar-refractivity contribution >= 4 is 17.5 Å². The lowest BCUT2D eigenvalue weighted by Crippen LogP contribution is -2.41. The van der Waals surface area contributed by atoms with Crippen LogP contribution in [0.5, 0.6) is 0 Å². The van der Waals surface area contributed by atoms with Crippen molar-refractivity contribution in [1.82, 2.24) is 4.90 Å². The molecule has 1 fully saturated rings. The molecule has 2 aromatic rings. The van der Waals surface area contributed by atoms with Crippen molar-refractivity contribution in [3.05, 3.63) is 70.7 Å². The molecule has 1 aliphatic rings. The van der Waals surface area contributed by atoms with Gasteiger partial charge >= 0.3 is 5.92 Å². The summed E-state index contributed by atoms with van der Waals surface area (Å²) < 4.78 is 29.1. The van der Waals surface area contributed by atoms with E-state index in [1.165, 1.54) is 18.2 Å². The minimum absolute atomic E-state index is 0.106. The van der Waals surface area contributed by atoms with Gasteiger partial charge in [0.1, 0.15) is 0 Å². The molecule has 24 heavy (non-hydrogen) atoms. The Morgan fingerprint density at radius 2 is 1.83 bits per heavy atom. The number of hydrogen-bond acceptors (Lipinski definition) is 2. The fourth-order valence-electron chi connectivity index (χ4n) is 3.05. The number of carbonyl (C=O) groups is 1. The van der Waals surface area contributed by atoms with Crippen molar-refractivity contribution in [1.29, 1.82) is 0 Å². The van der Waals surface area contributed by atoms with Crippen LogP contribution in [0.3, 0.4) is 0 Å². The van der Waals surface area contributed by atoms with Crippen molar-refractivity contribution < 1.29 is 13.6 Å². The van der Waals surface area contributed by atoms with Gasteiger partial charge in [0.25, 0.3) is 5.91 Å². The van der Waals surface area contributed by atoms with Crippen LogP contribution in [0.15, 0.2) is 54.6 Å². The average molecular weight is 351 g/mol. The van der Waals surface area contributed by atoms with Gasteiger partial charge in [-0.15, -0.1) is 0 Å². The molecule has 3 nitrogen and oxygen atoms in total. The molecule has 1 saturated heterocycles. The highest BCUT2D eigenvalue weighted by molar-refractivity contribution is 6.30. The standard InChI is InChI=1S/C18H17ClF2N2O/c19-14-8-4-7-13(9-14)18(20,21)17(24)23-10-15(16(22)11-23)12-5-2-1-3-6-12/h1-9,15-16H,10-11,22H2/t15-,16+/m0/s1. The smallest absolute Gasteiger partial charge is 0.335 e. The fraction of sp³-hybridized carbons (Fsp3) is 0.278. The van der Waals surface area contributed by atoms with Crippen LogP contribution >= 0.6 is 11.6 Å². The number of nitrogens with two attached hydrogens (primary N) is 1. The first-order chi connectivity index (χ1) is 11.4.